The molecule has 2 heterocycles. The predicted octanol–water partition coefficient (Wildman–Crippen LogP) is 5.12. The highest BCUT2D eigenvalue weighted by Gasteiger charge is 2.41. The minimum absolute atomic E-state index is 0.0432. The quantitative estimate of drug-likeness (QED) is 0.142. The van der Waals surface area contributed by atoms with E-state index in [0.717, 1.165) is 23.1 Å². The third-order valence-corrected chi connectivity index (χ3v) is 8.79. The number of aromatic nitrogens is 1. The number of aryl methyl sites for hydroxylation is 2. The number of hydrogen-bond donors (Lipinski definition) is 1. The monoisotopic (exact) mass is 690 g/mol. The van der Waals surface area contributed by atoms with E-state index in [2.05, 4.69) is 5.32 Å². The van der Waals surface area contributed by atoms with Gasteiger partial charge in [0.2, 0.25) is 11.8 Å². The number of pyridine rings is 1. The Bertz CT molecular complexity index is 1530. The van der Waals surface area contributed by atoms with Crippen molar-refractivity contribution in [3.8, 4) is 11.5 Å². The predicted molar refractivity (Wildman–Crippen MR) is 177 cm³/mol. The van der Waals surface area contributed by atoms with Gasteiger partial charge >= 0.3 is 0 Å². The first-order valence-corrected chi connectivity index (χ1v) is 16.3. The first kappa shape index (κ1) is 34.1. The van der Waals surface area contributed by atoms with Crippen molar-refractivity contribution in [1.29, 1.82) is 0 Å². The van der Waals surface area contributed by atoms with Gasteiger partial charge in [0.25, 0.3) is 0 Å². The number of anilines is 1. The Balaban J connectivity index is 1.25. The Morgan fingerprint density at radius 3 is 2.41 bits per heavy atom. The standard InChI is InChI=1S/C33H37Cl3N4O6/c1-21-14-27(34)32(28(35)15-21)46-13-12-45-26-9-7-24(8-10-26)40-30(17-37-18-31(40)41)33(42)38(23-5-6-23)19-22-16-25(4-3-11-44-2)39(43)20-29(22)36/h7-10,14-16,20,23,30,37H,3-6,11-13,17-19H2,1-2H3/t30-/m1/s1. The summed E-state index contributed by atoms with van der Waals surface area (Å²) < 4.78 is 17.5. The molecule has 13 heteroatoms. The number of amides is 2. The molecule has 5 rings (SSSR count). The summed E-state index contributed by atoms with van der Waals surface area (Å²) in [5, 5.41) is 16.7. The van der Waals surface area contributed by atoms with Gasteiger partial charge in [0.15, 0.2) is 17.6 Å². The summed E-state index contributed by atoms with van der Waals surface area (Å²) >= 11 is 19.0. The first-order chi connectivity index (χ1) is 22.2. The number of piperazine rings is 1. The van der Waals surface area contributed by atoms with E-state index < -0.39 is 6.04 Å². The largest absolute Gasteiger partial charge is 0.618 e. The molecule has 1 atom stereocenters. The summed E-state index contributed by atoms with van der Waals surface area (Å²) in [5.74, 6) is 0.603. The molecule has 1 aliphatic carbocycles. The number of carbonyl (C=O) groups excluding carboxylic acids is 2. The van der Waals surface area contributed by atoms with Gasteiger partial charge in [0, 0.05) is 56.6 Å². The molecule has 0 unspecified atom stereocenters. The molecule has 1 aromatic heterocycles. The topological polar surface area (TPSA) is 107 Å². The number of hydrogen-bond acceptors (Lipinski definition) is 7. The molecular formula is C33H37Cl3N4O6. The van der Waals surface area contributed by atoms with E-state index in [1.165, 1.54) is 6.20 Å². The van der Waals surface area contributed by atoms with Crippen LogP contribution >= 0.6 is 34.8 Å². The molecule has 1 saturated heterocycles. The molecule has 2 amide bonds. The average Bonchev–Trinajstić information content (AvgIpc) is 3.86. The van der Waals surface area contributed by atoms with Gasteiger partial charge < -0.3 is 29.6 Å². The van der Waals surface area contributed by atoms with Gasteiger partial charge in [-0.3, -0.25) is 14.5 Å². The number of benzene rings is 2. The number of halogens is 3. The number of methoxy groups -OCH3 is 1. The van der Waals surface area contributed by atoms with Crippen molar-refractivity contribution in [2.45, 2.75) is 51.2 Å². The Kier molecular flexibility index (Phi) is 11.5. The van der Waals surface area contributed by atoms with Crippen molar-refractivity contribution in [3.05, 3.63) is 85.8 Å². The van der Waals surface area contributed by atoms with Gasteiger partial charge in [0.05, 0.1) is 16.6 Å². The number of nitrogens with zero attached hydrogens (tertiary/aromatic N) is 3. The van der Waals surface area contributed by atoms with Crippen LogP contribution in [0, 0.1) is 12.1 Å². The zero-order valence-corrected chi connectivity index (χ0v) is 28.0. The third-order valence-electron chi connectivity index (χ3n) is 7.89. The third kappa shape index (κ3) is 8.35. The lowest BCUT2D eigenvalue weighted by Gasteiger charge is -2.38. The molecule has 46 heavy (non-hydrogen) atoms. The van der Waals surface area contributed by atoms with E-state index in [4.69, 9.17) is 49.0 Å². The van der Waals surface area contributed by atoms with Crippen LogP contribution in [0.4, 0.5) is 5.69 Å². The van der Waals surface area contributed by atoms with Crippen LogP contribution in [0.15, 0.2) is 48.7 Å². The van der Waals surface area contributed by atoms with E-state index in [-0.39, 0.29) is 44.2 Å². The highest BCUT2D eigenvalue weighted by Crippen LogP contribution is 2.34. The van der Waals surface area contributed by atoms with Gasteiger partial charge in [-0.05, 0) is 68.1 Å². The lowest BCUT2D eigenvalue weighted by Crippen LogP contribution is -2.61. The zero-order chi connectivity index (χ0) is 32.8. The molecule has 246 valence electrons. The van der Waals surface area contributed by atoms with Crippen LogP contribution < -0.4 is 24.4 Å². The second kappa shape index (κ2) is 15.5. The molecule has 1 N–H and O–H groups in total. The Hall–Kier alpha value is -3.28. The zero-order valence-electron chi connectivity index (χ0n) is 25.8. The van der Waals surface area contributed by atoms with Crippen molar-refractivity contribution < 1.29 is 28.5 Å². The molecular weight excluding hydrogens is 655 g/mol. The Labute approximate surface area is 283 Å². The summed E-state index contributed by atoms with van der Waals surface area (Å²) in [6.45, 7) is 3.56. The van der Waals surface area contributed by atoms with Crippen LogP contribution in [0.1, 0.15) is 36.1 Å². The van der Waals surface area contributed by atoms with E-state index in [1.807, 2.05) is 6.92 Å². The van der Waals surface area contributed by atoms with Crippen LogP contribution in [0.5, 0.6) is 11.5 Å². The van der Waals surface area contributed by atoms with Gasteiger partial charge in [-0.2, -0.15) is 4.73 Å². The smallest absolute Gasteiger partial charge is 0.247 e. The number of rotatable bonds is 14. The first-order valence-electron chi connectivity index (χ1n) is 15.2. The van der Waals surface area contributed by atoms with Gasteiger partial charge in [-0.1, -0.05) is 34.8 Å². The maximum absolute atomic E-state index is 14.1. The Morgan fingerprint density at radius 1 is 1.04 bits per heavy atom. The fourth-order valence-electron chi connectivity index (χ4n) is 5.47. The highest BCUT2D eigenvalue weighted by atomic mass is 35.5. The molecule has 1 saturated carbocycles. The summed E-state index contributed by atoms with van der Waals surface area (Å²) in [6, 6.07) is 11.7. The van der Waals surface area contributed by atoms with Crippen LogP contribution in [0.3, 0.4) is 0 Å². The molecule has 10 nitrogen and oxygen atoms in total. The van der Waals surface area contributed by atoms with E-state index in [9.17, 15) is 14.8 Å². The maximum Gasteiger partial charge on any atom is 0.247 e. The maximum atomic E-state index is 14.1. The van der Waals surface area contributed by atoms with Crippen LogP contribution in [-0.4, -0.2) is 68.8 Å². The SMILES string of the molecule is COCCCc1cc(CN(C(=O)[C@H]2CNCC(=O)N2c2ccc(OCCOc3c(Cl)cc(C)cc3Cl)cc2)C2CC2)c(Cl)c[n+]1[O-]. The normalized spacial score (nSPS) is 16.4. The number of nitrogens with one attached hydrogen (secondary N) is 1. The Morgan fingerprint density at radius 2 is 1.74 bits per heavy atom. The molecule has 0 radical (unpaired) electrons. The second-order valence-corrected chi connectivity index (χ2v) is 12.6. The number of ether oxygens (including phenoxy) is 3. The van der Waals surface area contributed by atoms with Crippen molar-refractivity contribution in [3.63, 3.8) is 0 Å². The van der Waals surface area contributed by atoms with Crippen molar-refractivity contribution >= 4 is 52.3 Å². The lowest BCUT2D eigenvalue weighted by molar-refractivity contribution is -0.614. The van der Waals surface area contributed by atoms with Crippen molar-refractivity contribution in [2.24, 2.45) is 0 Å². The molecule has 2 aromatic carbocycles. The van der Waals surface area contributed by atoms with Crippen molar-refractivity contribution in [2.75, 3.05) is 44.9 Å². The minimum Gasteiger partial charge on any atom is -0.618 e. The van der Waals surface area contributed by atoms with E-state index in [1.54, 1.807) is 59.4 Å². The van der Waals surface area contributed by atoms with Crippen LogP contribution in [-0.2, 0) is 27.3 Å². The van der Waals surface area contributed by atoms with Gasteiger partial charge in [-0.25, -0.2) is 0 Å². The number of carbonyl (C=O) groups is 2. The molecule has 3 aromatic rings. The molecule has 0 bridgehead atoms. The molecule has 2 fully saturated rings. The summed E-state index contributed by atoms with van der Waals surface area (Å²) in [6.07, 6.45) is 4.28. The highest BCUT2D eigenvalue weighted by molar-refractivity contribution is 6.37. The lowest BCUT2D eigenvalue weighted by atomic mass is 10.1. The molecule has 0 spiro atoms. The van der Waals surface area contributed by atoms with E-state index >= 15 is 0 Å². The minimum atomic E-state index is -0.751. The molecule has 1 aliphatic heterocycles. The van der Waals surface area contributed by atoms with Gasteiger partial charge in [0.1, 0.15) is 30.0 Å². The van der Waals surface area contributed by atoms with Crippen LogP contribution in [0.2, 0.25) is 15.1 Å². The molecule has 2 aliphatic rings. The summed E-state index contributed by atoms with van der Waals surface area (Å²) in [4.78, 5) is 30.7. The summed E-state index contributed by atoms with van der Waals surface area (Å²) in [7, 11) is 1.62. The average molecular weight is 692 g/mol. The fraction of sp³-hybridized carbons (Fsp3) is 0.424. The van der Waals surface area contributed by atoms with Crippen LogP contribution in [0.25, 0.3) is 0 Å². The fourth-order valence-corrected chi connectivity index (χ4v) is 6.38. The van der Waals surface area contributed by atoms with E-state index in [0.29, 0.717) is 69.5 Å². The van der Waals surface area contributed by atoms with Gasteiger partial charge in [-0.15, -0.1) is 0 Å². The van der Waals surface area contributed by atoms with Crippen molar-refractivity contribution in [1.82, 2.24) is 10.2 Å². The second-order valence-electron chi connectivity index (χ2n) is 11.4. The summed E-state index contributed by atoms with van der Waals surface area (Å²) in [5.41, 5.74) is 2.79.